The number of sulfone groups is 1. The van der Waals surface area contributed by atoms with E-state index in [9.17, 15) is 8.42 Å². The van der Waals surface area contributed by atoms with Crippen LogP contribution in [0.3, 0.4) is 0 Å². The van der Waals surface area contributed by atoms with Gasteiger partial charge in [-0.1, -0.05) is 5.16 Å². The van der Waals surface area contributed by atoms with Crippen molar-refractivity contribution < 1.29 is 12.9 Å². The van der Waals surface area contributed by atoms with Gasteiger partial charge in [-0.15, -0.1) is 0 Å². The molecule has 1 rings (SSSR count). The first-order chi connectivity index (χ1) is 6.37. The van der Waals surface area contributed by atoms with E-state index in [0.29, 0.717) is 0 Å². The molecular weight excluding hydrogens is 206 g/mol. The van der Waals surface area contributed by atoms with E-state index in [-0.39, 0.29) is 23.6 Å². The van der Waals surface area contributed by atoms with Crippen LogP contribution in [0, 0.1) is 0 Å². The lowest BCUT2D eigenvalue weighted by Gasteiger charge is -2.01. The van der Waals surface area contributed by atoms with Crippen LogP contribution in [-0.2, 0) is 15.6 Å². The lowest BCUT2D eigenvalue weighted by molar-refractivity contribution is 0.422. The fourth-order valence-corrected chi connectivity index (χ4v) is 1.44. The van der Waals surface area contributed by atoms with E-state index >= 15 is 0 Å². The molecule has 7 heteroatoms. The largest absolute Gasteiger partial charge is 0.336 e. The van der Waals surface area contributed by atoms with Crippen LogP contribution in [0.5, 0.6) is 0 Å². The third-order valence-electron chi connectivity index (χ3n) is 1.27. The van der Waals surface area contributed by atoms with Crippen molar-refractivity contribution in [2.24, 2.45) is 0 Å². The molecule has 0 unspecified atom stereocenters. The van der Waals surface area contributed by atoms with Gasteiger partial charge in [0, 0.05) is 12.3 Å². The van der Waals surface area contributed by atoms with Crippen molar-refractivity contribution in [3.8, 4) is 0 Å². The molecule has 0 amide bonds. The highest BCUT2D eigenvalue weighted by atomic mass is 32.2. The van der Waals surface area contributed by atoms with Gasteiger partial charge in [-0.25, -0.2) is 8.42 Å². The molecule has 0 atom stereocenters. The fraction of sp³-hybridized carbons (Fsp3) is 0.714. The molecule has 0 fully saturated rings. The van der Waals surface area contributed by atoms with Gasteiger partial charge < -0.3 is 9.84 Å². The van der Waals surface area contributed by atoms with Gasteiger partial charge in [0.15, 0.2) is 15.7 Å². The Morgan fingerprint density at radius 3 is 2.64 bits per heavy atom. The number of hydrogen-bond donors (Lipinski definition) is 1. The summed E-state index contributed by atoms with van der Waals surface area (Å²) < 4.78 is 26.6. The van der Waals surface area contributed by atoms with E-state index in [4.69, 9.17) is 4.52 Å². The second-order valence-corrected chi connectivity index (χ2v) is 5.53. The molecule has 0 aliphatic heterocycles. The van der Waals surface area contributed by atoms with E-state index in [0.717, 1.165) is 6.26 Å². The second kappa shape index (κ2) is 3.95. The van der Waals surface area contributed by atoms with Crippen molar-refractivity contribution in [1.82, 2.24) is 10.1 Å². The normalized spacial score (nSPS) is 12.0. The van der Waals surface area contributed by atoms with Crippen molar-refractivity contribution in [2.75, 3.05) is 11.6 Å². The molecule has 0 bridgehead atoms. The summed E-state index contributed by atoms with van der Waals surface area (Å²) in [7, 11) is -3.11. The molecule has 14 heavy (non-hydrogen) atoms. The van der Waals surface area contributed by atoms with E-state index in [1.165, 1.54) is 0 Å². The standard InChI is InChI=1S/C7H13N3O3S/c1-5(2)8-7-9-6(10-13-7)4-14(3,11)12/h5H,4H2,1-3H3,(H,8,9,10). The van der Waals surface area contributed by atoms with Gasteiger partial charge in [0.1, 0.15) is 5.75 Å². The fourth-order valence-electron chi connectivity index (χ4n) is 0.853. The first-order valence-corrected chi connectivity index (χ1v) is 6.20. The molecule has 80 valence electrons. The molecule has 0 spiro atoms. The molecule has 1 N–H and O–H groups in total. The maximum Gasteiger partial charge on any atom is 0.321 e. The quantitative estimate of drug-likeness (QED) is 0.790. The van der Waals surface area contributed by atoms with Crippen LogP contribution >= 0.6 is 0 Å². The van der Waals surface area contributed by atoms with E-state index in [1.807, 2.05) is 13.8 Å². The van der Waals surface area contributed by atoms with Gasteiger partial charge in [-0.05, 0) is 13.8 Å². The zero-order chi connectivity index (χ0) is 10.8. The Kier molecular flexibility index (Phi) is 3.10. The minimum Gasteiger partial charge on any atom is -0.336 e. The highest BCUT2D eigenvalue weighted by Gasteiger charge is 2.12. The van der Waals surface area contributed by atoms with Gasteiger partial charge in [0.05, 0.1) is 0 Å². The summed E-state index contributed by atoms with van der Waals surface area (Å²) >= 11 is 0. The molecule has 0 aromatic carbocycles. The number of anilines is 1. The number of aromatic nitrogens is 2. The smallest absolute Gasteiger partial charge is 0.321 e. The SMILES string of the molecule is CC(C)Nc1nc(CS(C)(=O)=O)no1. The average Bonchev–Trinajstić information content (AvgIpc) is 2.30. The monoisotopic (exact) mass is 219 g/mol. The molecule has 0 saturated heterocycles. The summed E-state index contributed by atoms with van der Waals surface area (Å²) in [6.07, 6.45) is 1.12. The Bertz CT molecular complexity index is 396. The number of nitrogens with zero attached hydrogens (tertiary/aromatic N) is 2. The van der Waals surface area contributed by atoms with Crippen molar-refractivity contribution in [3.05, 3.63) is 5.82 Å². The van der Waals surface area contributed by atoms with Crippen molar-refractivity contribution in [3.63, 3.8) is 0 Å². The third kappa shape index (κ3) is 3.73. The zero-order valence-corrected chi connectivity index (χ0v) is 9.13. The van der Waals surface area contributed by atoms with Crippen LogP contribution in [0.15, 0.2) is 4.52 Å². The van der Waals surface area contributed by atoms with Crippen molar-refractivity contribution in [2.45, 2.75) is 25.6 Å². The summed E-state index contributed by atoms with van der Waals surface area (Å²) in [6, 6.07) is 0.417. The predicted octanol–water partition coefficient (Wildman–Crippen LogP) is 0.434. The Hall–Kier alpha value is -1.11. The summed E-state index contributed by atoms with van der Waals surface area (Å²) in [4.78, 5) is 3.87. The van der Waals surface area contributed by atoms with Crippen LogP contribution < -0.4 is 5.32 Å². The lowest BCUT2D eigenvalue weighted by Crippen LogP contribution is -2.10. The predicted molar refractivity (Wildman–Crippen MR) is 51.6 cm³/mol. The third-order valence-corrected chi connectivity index (χ3v) is 2.05. The van der Waals surface area contributed by atoms with Crippen LogP contribution in [0.25, 0.3) is 0 Å². The lowest BCUT2D eigenvalue weighted by atomic mass is 10.4. The Balaban J connectivity index is 2.69. The summed E-state index contributed by atoms with van der Waals surface area (Å²) in [5, 5.41) is 6.40. The van der Waals surface area contributed by atoms with E-state index < -0.39 is 9.84 Å². The maximum atomic E-state index is 10.9. The first-order valence-electron chi connectivity index (χ1n) is 4.13. The van der Waals surface area contributed by atoms with Crippen LogP contribution in [0.2, 0.25) is 0 Å². The summed E-state index contributed by atoms with van der Waals surface area (Å²) in [5.74, 6) is -0.0216. The highest BCUT2D eigenvalue weighted by Crippen LogP contribution is 2.07. The Morgan fingerprint density at radius 1 is 1.50 bits per heavy atom. The molecule has 1 aromatic rings. The van der Waals surface area contributed by atoms with Gasteiger partial charge in [0.2, 0.25) is 0 Å². The van der Waals surface area contributed by atoms with Crippen LogP contribution in [-0.4, -0.2) is 30.9 Å². The van der Waals surface area contributed by atoms with Gasteiger partial charge >= 0.3 is 6.01 Å². The molecule has 0 radical (unpaired) electrons. The molecule has 0 aliphatic carbocycles. The van der Waals surface area contributed by atoms with Crippen molar-refractivity contribution in [1.29, 1.82) is 0 Å². The molecule has 1 aromatic heterocycles. The molecular formula is C7H13N3O3S. The summed E-state index contributed by atoms with van der Waals surface area (Å²) in [5.41, 5.74) is 0. The molecule has 6 nitrogen and oxygen atoms in total. The number of rotatable bonds is 4. The Morgan fingerprint density at radius 2 is 2.14 bits per heavy atom. The van der Waals surface area contributed by atoms with Crippen LogP contribution in [0.1, 0.15) is 19.7 Å². The van der Waals surface area contributed by atoms with E-state index in [1.54, 1.807) is 0 Å². The number of nitrogens with one attached hydrogen (secondary N) is 1. The van der Waals surface area contributed by atoms with Gasteiger partial charge in [0.25, 0.3) is 0 Å². The highest BCUT2D eigenvalue weighted by molar-refractivity contribution is 7.89. The second-order valence-electron chi connectivity index (χ2n) is 3.38. The number of hydrogen-bond acceptors (Lipinski definition) is 6. The van der Waals surface area contributed by atoms with Gasteiger partial charge in [-0.2, -0.15) is 4.98 Å². The summed E-state index contributed by atoms with van der Waals surface area (Å²) in [6.45, 7) is 3.83. The molecule has 0 saturated carbocycles. The molecule has 0 aliphatic rings. The van der Waals surface area contributed by atoms with Crippen LogP contribution in [0.4, 0.5) is 6.01 Å². The van der Waals surface area contributed by atoms with Gasteiger partial charge in [-0.3, -0.25) is 0 Å². The Labute approximate surface area is 82.6 Å². The minimum absolute atomic E-state index is 0.168. The molecule has 1 heterocycles. The average molecular weight is 219 g/mol. The maximum absolute atomic E-state index is 10.9. The minimum atomic E-state index is -3.11. The first kappa shape index (κ1) is 11.0. The van der Waals surface area contributed by atoms with Crippen molar-refractivity contribution >= 4 is 15.9 Å². The van der Waals surface area contributed by atoms with E-state index in [2.05, 4.69) is 15.5 Å². The zero-order valence-electron chi connectivity index (χ0n) is 8.31. The topological polar surface area (TPSA) is 85.1 Å².